The van der Waals surface area contributed by atoms with Gasteiger partial charge in [-0.25, -0.2) is 4.79 Å². The molecule has 0 spiro atoms. The van der Waals surface area contributed by atoms with Crippen LogP contribution in [0.15, 0.2) is 40.4 Å². The smallest absolute Gasteiger partial charge is 0.327 e. The third kappa shape index (κ3) is 11.7. The van der Waals surface area contributed by atoms with E-state index in [1.807, 2.05) is 24.3 Å². The van der Waals surface area contributed by atoms with Gasteiger partial charge in [0.25, 0.3) is 0 Å². The van der Waals surface area contributed by atoms with Crippen molar-refractivity contribution in [2.24, 2.45) is 38.7 Å². The first-order chi connectivity index (χ1) is 20.4. The van der Waals surface area contributed by atoms with Crippen molar-refractivity contribution in [2.75, 3.05) is 18.8 Å². The van der Waals surface area contributed by atoms with Gasteiger partial charge in [-0.2, -0.15) is 12.6 Å². The Morgan fingerprint density at radius 2 is 1.35 bits per heavy atom. The number of para-hydroxylation sites is 1. The van der Waals surface area contributed by atoms with Crippen LogP contribution in [0.3, 0.4) is 0 Å². The zero-order valence-electron chi connectivity index (χ0n) is 23.7. The zero-order valence-corrected chi connectivity index (χ0v) is 24.6. The molecule has 15 N–H and O–H groups in total. The van der Waals surface area contributed by atoms with Gasteiger partial charge in [-0.3, -0.25) is 24.4 Å². The highest BCUT2D eigenvalue weighted by molar-refractivity contribution is 7.80. The molecule has 16 nitrogen and oxygen atoms in total. The van der Waals surface area contributed by atoms with Gasteiger partial charge in [0.15, 0.2) is 11.9 Å². The fourth-order valence-electron chi connectivity index (χ4n) is 4.18. The number of hydrogen-bond donors (Lipinski definition) is 11. The molecule has 2 rings (SSSR count). The maximum atomic E-state index is 13.4. The van der Waals surface area contributed by atoms with E-state index in [-0.39, 0.29) is 56.4 Å². The van der Waals surface area contributed by atoms with E-state index in [0.717, 1.165) is 16.5 Å². The van der Waals surface area contributed by atoms with Gasteiger partial charge in [0.1, 0.15) is 18.1 Å². The Morgan fingerprint density at radius 1 is 0.837 bits per heavy atom. The largest absolute Gasteiger partial charge is 0.480 e. The molecule has 3 amide bonds. The minimum Gasteiger partial charge on any atom is -0.480 e. The lowest BCUT2D eigenvalue weighted by Crippen LogP contribution is -2.57. The van der Waals surface area contributed by atoms with Crippen LogP contribution >= 0.6 is 12.6 Å². The Balaban J connectivity index is 2.19. The summed E-state index contributed by atoms with van der Waals surface area (Å²) in [6.07, 6.45) is 2.77. The number of nitrogens with two attached hydrogens (primary N) is 5. The Hall–Kier alpha value is -4.51. The second kappa shape index (κ2) is 17.4. The van der Waals surface area contributed by atoms with Crippen molar-refractivity contribution >= 4 is 59.1 Å². The predicted molar refractivity (Wildman–Crippen MR) is 167 cm³/mol. The highest BCUT2D eigenvalue weighted by atomic mass is 32.1. The summed E-state index contributed by atoms with van der Waals surface area (Å²) in [6, 6.07) is 3.02. The average Bonchev–Trinajstić information content (AvgIpc) is 3.36. The van der Waals surface area contributed by atoms with Gasteiger partial charge in [0.2, 0.25) is 17.7 Å². The number of aromatic nitrogens is 1. The normalized spacial score (nSPS) is 13.6. The number of aliphatic carboxylic acids is 1. The number of aliphatic imine (C=N–C) groups is 2. The van der Waals surface area contributed by atoms with Crippen LogP contribution in [-0.4, -0.2) is 88.7 Å². The number of hydrogen-bond acceptors (Lipinski definition) is 8. The molecule has 0 aliphatic heterocycles. The number of benzene rings is 1. The zero-order chi connectivity index (χ0) is 31.9. The van der Waals surface area contributed by atoms with Crippen LogP contribution in [-0.2, 0) is 25.6 Å². The van der Waals surface area contributed by atoms with Crippen molar-refractivity contribution in [3.8, 4) is 0 Å². The quantitative estimate of drug-likeness (QED) is 0.0364. The highest BCUT2D eigenvalue weighted by Gasteiger charge is 2.30. The van der Waals surface area contributed by atoms with Crippen molar-refractivity contribution in [3.05, 3.63) is 36.0 Å². The lowest BCUT2D eigenvalue weighted by molar-refractivity contribution is -0.141. The number of aromatic amines is 1. The van der Waals surface area contributed by atoms with E-state index in [2.05, 4.69) is 43.5 Å². The maximum Gasteiger partial charge on any atom is 0.327 e. The molecule has 4 atom stereocenters. The molecule has 0 aliphatic carbocycles. The predicted octanol–water partition coefficient (Wildman–Crippen LogP) is -2.39. The summed E-state index contributed by atoms with van der Waals surface area (Å²) < 4.78 is 0. The molecule has 17 heteroatoms. The number of guanidine groups is 2. The van der Waals surface area contributed by atoms with Crippen molar-refractivity contribution in [3.63, 3.8) is 0 Å². The monoisotopic (exact) mass is 619 g/mol. The van der Waals surface area contributed by atoms with Gasteiger partial charge in [-0.15, -0.1) is 0 Å². The summed E-state index contributed by atoms with van der Waals surface area (Å²) in [7, 11) is 0. The summed E-state index contributed by atoms with van der Waals surface area (Å²) in [5, 5.41) is 17.9. The first-order valence-electron chi connectivity index (χ1n) is 13.6. The van der Waals surface area contributed by atoms with Gasteiger partial charge in [-0.1, -0.05) is 18.2 Å². The molecule has 0 saturated heterocycles. The minimum absolute atomic E-state index is 0.0714. The van der Waals surface area contributed by atoms with Crippen LogP contribution in [0, 0.1) is 0 Å². The lowest BCUT2D eigenvalue weighted by Gasteiger charge is -2.25. The van der Waals surface area contributed by atoms with Gasteiger partial charge >= 0.3 is 5.97 Å². The van der Waals surface area contributed by atoms with Crippen molar-refractivity contribution < 1.29 is 24.3 Å². The third-order valence-corrected chi connectivity index (χ3v) is 6.77. The number of nitrogens with one attached hydrogen (secondary N) is 4. The number of rotatable bonds is 18. The fraction of sp³-hybridized carbons (Fsp3) is 0.462. The molecule has 4 unspecified atom stereocenters. The summed E-state index contributed by atoms with van der Waals surface area (Å²) in [4.78, 5) is 61.9. The van der Waals surface area contributed by atoms with E-state index >= 15 is 0 Å². The molecule has 0 bridgehead atoms. The second-order valence-corrected chi connectivity index (χ2v) is 10.1. The van der Waals surface area contributed by atoms with E-state index in [1.54, 1.807) is 6.20 Å². The third-order valence-electron chi connectivity index (χ3n) is 6.41. The molecule has 0 radical (unpaired) electrons. The molecular formula is C26H41N11O5S. The average molecular weight is 620 g/mol. The molecule has 236 valence electrons. The summed E-state index contributed by atoms with van der Waals surface area (Å²) in [6.45, 7) is 0.353. The molecule has 43 heavy (non-hydrogen) atoms. The Kier molecular flexibility index (Phi) is 14.1. The number of thiol groups is 1. The molecule has 2 aromatic rings. The Morgan fingerprint density at radius 3 is 1.86 bits per heavy atom. The Labute approximate surface area is 254 Å². The SMILES string of the molecule is NC(N)=NCCCC(NC(=O)C(N)Cc1c[nH]c2ccccc12)C(=O)NC(CCCN=C(N)N)C(=O)NC(CS)C(=O)O. The number of nitrogens with zero attached hydrogens (tertiary/aromatic N) is 2. The van der Waals surface area contributed by atoms with Gasteiger partial charge in [0, 0.05) is 35.9 Å². The number of carboxylic acids is 1. The molecular weight excluding hydrogens is 578 g/mol. The standard InChI is InChI=1S/C26H41N11O5S/c27-16(11-14-12-34-17-6-2-1-5-15(14)17)21(38)35-18(7-3-9-32-25(28)29)22(39)36-19(8-4-10-33-26(30)31)23(40)37-20(13-43)24(41)42/h1-2,5-6,12,16,18-20,34,43H,3-4,7-11,13,27H2,(H,35,38)(H,36,39)(H,37,40)(H,41,42)(H4,28,29,32)(H4,30,31,33). The van der Waals surface area contributed by atoms with E-state index in [0.29, 0.717) is 6.42 Å². The molecule has 0 fully saturated rings. The fourth-order valence-corrected chi connectivity index (χ4v) is 4.43. The number of fused-ring (bicyclic) bond motifs is 1. The molecule has 1 aromatic heterocycles. The number of H-pyrrole nitrogens is 1. The highest BCUT2D eigenvalue weighted by Crippen LogP contribution is 2.19. The van der Waals surface area contributed by atoms with Gasteiger partial charge in [0.05, 0.1) is 6.04 Å². The summed E-state index contributed by atoms with van der Waals surface area (Å²) >= 11 is 3.96. The van der Waals surface area contributed by atoms with Crippen LogP contribution in [0.2, 0.25) is 0 Å². The number of carboxylic acid groups (broad SMARTS) is 1. The topological polar surface area (TPSA) is 295 Å². The number of amides is 3. The number of carbonyl (C=O) groups is 4. The van der Waals surface area contributed by atoms with E-state index in [4.69, 9.17) is 28.7 Å². The lowest BCUT2D eigenvalue weighted by atomic mass is 10.0. The van der Waals surface area contributed by atoms with Gasteiger partial charge in [-0.05, 0) is 43.7 Å². The minimum atomic E-state index is -1.29. The second-order valence-electron chi connectivity index (χ2n) is 9.77. The molecule has 1 aromatic carbocycles. The Bertz CT molecular complexity index is 1310. The van der Waals surface area contributed by atoms with Crippen LogP contribution in [0.4, 0.5) is 0 Å². The van der Waals surface area contributed by atoms with Crippen LogP contribution in [0.5, 0.6) is 0 Å². The van der Waals surface area contributed by atoms with E-state index < -0.39 is 47.9 Å². The number of carbonyl (C=O) groups excluding carboxylic acids is 3. The van der Waals surface area contributed by atoms with Crippen LogP contribution in [0.25, 0.3) is 10.9 Å². The van der Waals surface area contributed by atoms with Crippen LogP contribution in [0.1, 0.15) is 31.2 Å². The summed E-state index contributed by atoms with van der Waals surface area (Å²) in [5.41, 5.74) is 29.4. The maximum absolute atomic E-state index is 13.4. The van der Waals surface area contributed by atoms with Crippen molar-refractivity contribution in [1.82, 2.24) is 20.9 Å². The van der Waals surface area contributed by atoms with Crippen molar-refractivity contribution in [2.45, 2.75) is 56.3 Å². The molecule has 1 heterocycles. The van der Waals surface area contributed by atoms with Crippen LogP contribution < -0.4 is 44.6 Å². The molecule has 0 aliphatic rings. The van der Waals surface area contributed by atoms with Crippen molar-refractivity contribution in [1.29, 1.82) is 0 Å². The van der Waals surface area contributed by atoms with Gasteiger partial charge < -0.3 is 54.7 Å². The van der Waals surface area contributed by atoms with E-state index in [9.17, 15) is 24.3 Å². The molecule has 0 saturated carbocycles. The summed E-state index contributed by atoms with van der Waals surface area (Å²) in [5.74, 6) is -3.74. The van der Waals surface area contributed by atoms with E-state index in [1.165, 1.54) is 0 Å². The first-order valence-corrected chi connectivity index (χ1v) is 14.2. The first kappa shape index (κ1) is 34.7.